The molecule has 0 radical (unpaired) electrons. The topological polar surface area (TPSA) is 231 Å². The van der Waals surface area contributed by atoms with Crippen molar-refractivity contribution < 1.29 is 39.0 Å². The lowest BCUT2D eigenvalue weighted by Crippen LogP contribution is -2.59. The summed E-state index contributed by atoms with van der Waals surface area (Å²) < 4.78 is 0. The highest BCUT2D eigenvalue weighted by Crippen LogP contribution is 2.11. The first-order chi connectivity index (χ1) is 17.8. The number of nitrogens with one attached hydrogen (secondary N) is 3. The van der Waals surface area contributed by atoms with Gasteiger partial charge in [-0.1, -0.05) is 50.6 Å². The first kappa shape index (κ1) is 32.0. The van der Waals surface area contributed by atoms with Crippen LogP contribution in [0, 0.1) is 5.92 Å². The highest BCUT2D eigenvalue weighted by molar-refractivity contribution is 5.94. The zero-order valence-electron chi connectivity index (χ0n) is 21.5. The minimum absolute atomic E-state index is 0.0509. The lowest BCUT2D eigenvalue weighted by molar-refractivity contribution is -0.143. The van der Waals surface area contributed by atoms with E-state index in [0.29, 0.717) is 12.0 Å². The van der Waals surface area contributed by atoms with Gasteiger partial charge in [0.25, 0.3) is 0 Å². The van der Waals surface area contributed by atoms with Gasteiger partial charge in [0.05, 0.1) is 6.04 Å². The van der Waals surface area contributed by atoms with Crippen molar-refractivity contribution >= 4 is 35.6 Å². The van der Waals surface area contributed by atoms with Gasteiger partial charge in [-0.15, -0.1) is 0 Å². The molecule has 0 aromatic heterocycles. The SMILES string of the molecule is CCC(C)C(NC(=O)C(Cc1ccccc1)NC(=O)C(N)CCC(=O)O)C(=O)NC(CCC(N)=O)C(=O)O. The Bertz CT molecular complexity index is 987. The number of primary amides is 1. The number of hydrogen-bond acceptors (Lipinski definition) is 7. The van der Waals surface area contributed by atoms with Crippen molar-refractivity contribution in [3.8, 4) is 0 Å². The van der Waals surface area contributed by atoms with Crippen LogP contribution in [0.3, 0.4) is 0 Å². The van der Waals surface area contributed by atoms with Crippen molar-refractivity contribution in [3.05, 3.63) is 35.9 Å². The normalized spacial score (nSPS) is 14.7. The Morgan fingerprint density at radius 2 is 1.45 bits per heavy atom. The molecule has 4 amide bonds. The highest BCUT2D eigenvalue weighted by Gasteiger charge is 2.33. The van der Waals surface area contributed by atoms with E-state index in [2.05, 4.69) is 16.0 Å². The Labute approximate surface area is 220 Å². The zero-order valence-corrected chi connectivity index (χ0v) is 21.5. The van der Waals surface area contributed by atoms with Gasteiger partial charge in [-0.05, 0) is 24.3 Å². The zero-order chi connectivity index (χ0) is 28.8. The third-order valence-corrected chi connectivity index (χ3v) is 6.01. The van der Waals surface area contributed by atoms with E-state index < -0.39 is 65.7 Å². The molecular weight excluding hydrogens is 498 g/mol. The van der Waals surface area contributed by atoms with Gasteiger partial charge in [0, 0.05) is 19.3 Å². The van der Waals surface area contributed by atoms with Crippen LogP contribution in [-0.2, 0) is 35.2 Å². The number of aliphatic carboxylic acids is 2. The predicted molar refractivity (Wildman–Crippen MR) is 136 cm³/mol. The predicted octanol–water partition coefficient (Wildman–Crippen LogP) is -0.728. The van der Waals surface area contributed by atoms with E-state index >= 15 is 0 Å². The van der Waals surface area contributed by atoms with Crippen LogP contribution in [-0.4, -0.2) is 69.9 Å². The summed E-state index contributed by atoms with van der Waals surface area (Å²) in [6.07, 6.45) is -0.451. The molecule has 0 aliphatic carbocycles. The van der Waals surface area contributed by atoms with Crippen molar-refractivity contribution in [2.75, 3.05) is 0 Å². The molecule has 0 spiro atoms. The summed E-state index contributed by atoms with van der Waals surface area (Å²) in [5, 5.41) is 25.8. The van der Waals surface area contributed by atoms with Crippen molar-refractivity contribution in [2.45, 2.75) is 76.5 Å². The maximum Gasteiger partial charge on any atom is 0.326 e. The molecule has 13 heteroatoms. The summed E-state index contributed by atoms with van der Waals surface area (Å²) in [6.45, 7) is 3.47. The Balaban J connectivity index is 3.11. The van der Waals surface area contributed by atoms with E-state index in [4.69, 9.17) is 16.6 Å². The molecule has 1 rings (SSSR count). The summed E-state index contributed by atoms with van der Waals surface area (Å²) >= 11 is 0. The van der Waals surface area contributed by atoms with Gasteiger partial charge in [0.2, 0.25) is 23.6 Å². The van der Waals surface area contributed by atoms with Crippen LogP contribution in [0.25, 0.3) is 0 Å². The van der Waals surface area contributed by atoms with Gasteiger partial charge in [0.15, 0.2) is 0 Å². The van der Waals surface area contributed by atoms with E-state index in [1.165, 1.54) is 0 Å². The molecule has 0 heterocycles. The van der Waals surface area contributed by atoms with Gasteiger partial charge in [-0.3, -0.25) is 24.0 Å². The maximum atomic E-state index is 13.3. The fourth-order valence-electron chi connectivity index (χ4n) is 3.51. The van der Waals surface area contributed by atoms with E-state index in [9.17, 15) is 33.9 Å². The number of carboxylic acid groups (broad SMARTS) is 2. The third-order valence-electron chi connectivity index (χ3n) is 6.01. The van der Waals surface area contributed by atoms with Crippen molar-refractivity contribution in [2.24, 2.45) is 17.4 Å². The summed E-state index contributed by atoms with van der Waals surface area (Å²) in [6, 6.07) is 3.87. The number of rotatable bonds is 17. The van der Waals surface area contributed by atoms with Gasteiger partial charge in [0.1, 0.15) is 18.1 Å². The molecule has 38 heavy (non-hydrogen) atoms. The average Bonchev–Trinajstić information content (AvgIpc) is 2.87. The second-order valence-corrected chi connectivity index (χ2v) is 9.07. The van der Waals surface area contributed by atoms with Gasteiger partial charge in [-0.2, -0.15) is 0 Å². The lowest BCUT2D eigenvalue weighted by Gasteiger charge is -2.28. The Kier molecular flexibility index (Phi) is 13.5. The van der Waals surface area contributed by atoms with Crippen molar-refractivity contribution in [1.29, 1.82) is 0 Å². The van der Waals surface area contributed by atoms with Crippen molar-refractivity contribution in [3.63, 3.8) is 0 Å². The molecule has 210 valence electrons. The number of carboxylic acids is 2. The molecule has 0 saturated heterocycles. The van der Waals surface area contributed by atoms with Gasteiger partial charge >= 0.3 is 11.9 Å². The Morgan fingerprint density at radius 3 is 1.97 bits per heavy atom. The van der Waals surface area contributed by atoms with Crippen LogP contribution in [0.4, 0.5) is 0 Å². The second-order valence-electron chi connectivity index (χ2n) is 9.07. The quantitative estimate of drug-likeness (QED) is 0.133. The first-order valence-electron chi connectivity index (χ1n) is 12.3. The molecule has 0 aliphatic heterocycles. The smallest absolute Gasteiger partial charge is 0.326 e. The fourth-order valence-corrected chi connectivity index (χ4v) is 3.51. The van der Waals surface area contributed by atoms with Crippen LogP contribution >= 0.6 is 0 Å². The minimum Gasteiger partial charge on any atom is -0.481 e. The van der Waals surface area contributed by atoms with Gasteiger partial charge in [-0.25, -0.2) is 4.79 Å². The summed E-state index contributed by atoms with van der Waals surface area (Å²) in [5.41, 5.74) is 11.6. The number of carbonyl (C=O) groups is 6. The number of carbonyl (C=O) groups excluding carboxylic acids is 4. The molecule has 13 nitrogen and oxygen atoms in total. The number of hydrogen-bond donors (Lipinski definition) is 7. The van der Waals surface area contributed by atoms with Crippen molar-refractivity contribution in [1.82, 2.24) is 16.0 Å². The molecule has 9 N–H and O–H groups in total. The molecule has 0 aliphatic rings. The summed E-state index contributed by atoms with van der Waals surface area (Å²) in [7, 11) is 0. The molecule has 1 aromatic rings. The van der Waals surface area contributed by atoms with Crippen LogP contribution in [0.2, 0.25) is 0 Å². The molecular formula is C25H37N5O8. The minimum atomic E-state index is -1.40. The van der Waals surface area contributed by atoms with E-state index in [1.54, 1.807) is 44.2 Å². The number of benzene rings is 1. The summed E-state index contributed by atoms with van der Waals surface area (Å²) in [5.74, 6) is -5.84. The van der Waals surface area contributed by atoms with E-state index in [1.807, 2.05) is 0 Å². The maximum absolute atomic E-state index is 13.3. The van der Waals surface area contributed by atoms with E-state index in [0.717, 1.165) is 0 Å². The molecule has 0 fully saturated rings. The van der Waals surface area contributed by atoms with Gasteiger partial charge < -0.3 is 37.6 Å². The molecule has 5 unspecified atom stereocenters. The Morgan fingerprint density at radius 1 is 0.842 bits per heavy atom. The summed E-state index contributed by atoms with van der Waals surface area (Å²) in [4.78, 5) is 72.4. The standard InChI is InChI=1S/C25H37N5O8/c1-3-14(2)21(24(36)28-17(25(37)38)10-11-19(27)31)30-23(35)18(13-15-7-5-4-6-8-15)29-22(34)16(26)9-12-20(32)33/h4-8,14,16-18,21H,3,9-13,26H2,1-2H3,(H2,27,31)(H,28,36)(H,29,34)(H,30,35)(H,32,33)(H,37,38). The average molecular weight is 536 g/mol. The van der Waals surface area contributed by atoms with Crippen LogP contribution < -0.4 is 27.4 Å². The molecule has 1 aromatic carbocycles. The Hall–Kier alpha value is -4.00. The fraction of sp³-hybridized carbons (Fsp3) is 0.520. The molecule has 0 bridgehead atoms. The van der Waals surface area contributed by atoms with Crippen LogP contribution in [0.5, 0.6) is 0 Å². The second kappa shape index (κ2) is 16.0. The number of nitrogens with two attached hydrogens (primary N) is 2. The van der Waals surface area contributed by atoms with E-state index in [-0.39, 0.29) is 32.1 Å². The molecule has 0 saturated carbocycles. The number of amides is 4. The molecule has 5 atom stereocenters. The lowest BCUT2D eigenvalue weighted by atomic mass is 9.96. The van der Waals surface area contributed by atoms with Crippen LogP contribution in [0.1, 0.15) is 51.5 Å². The third kappa shape index (κ3) is 11.4. The first-order valence-corrected chi connectivity index (χ1v) is 12.3. The largest absolute Gasteiger partial charge is 0.481 e. The monoisotopic (exact) mass is 535 g/mol. The highest BCUT2D eigenvalue weighted by atomic mass is 16.4. The van der Waals surface area contributed by atoms with Crippen LogP contribution in [0.15, 0.2) is 30.3 Å².